The first-order valence-corrected chi connectivity index (χ1v) is 12.7. The van der Waals surface area contributed by atoms with Gasteiger partial charge in [-0.2, -0.15) is 26.3 Å². The molecule has 0 spiro atoms. The Balaban J connectivity index is 2.56. The summed E-state index contributed by atoms with van der Waals surface area (Å²) in [6.45, 7) is 1.22. The number of sulfone groups is 1. The maximum absolute atomic E-state index is 13.5. The lowest BCUT2D eigenvalue weighted by molar-refractivity contribution is -0.139. The zero-order valence-corrected chi connectivity index (χ0v) is 19.0. The molecule has 2 aromatic rings. The molecule has 0 fully saturated rings. The van der Waals surface area contributed by atoms with Crippen molar-refractivity contribution in [1.29, 1.82) is 0 Å². The molecule has 0 saturated carbocycles. The Hall–Kier alpha value is -2.81. The fourth-order valence-electron chi connectivity index (χ4n) is 2.72. The number of halogens is 6. The van der Waals surface area contributed by atoms with Crippen molar-refractivity contribution in [3.05, 3.63) is 53.1 Å². The summed E-state index contributed by atoms with van der Waals surface area (Å²) in [6, 6.07) is 3.50. The van der Waals surface area contributed by atoms with Gasteiger partial charge >= 0.3 is 12.4 Å². The van der Waals surface area contributed by atoms with Crippen LogP contribution in [0.25, 0.3) is 0 Å². The van der Waals surface area contributed by atoms with Crippen molar-refractivity contribution in [3.63, 3.8) is 0 Å². The van der Waals surface area contributed by atoms with E-state index in [0.29, 0.717) is 30.5 Å². The van der Waals surface area contributed by atoms with Crippen LogP contribution >= 0.6 is 0 Å². The van der Waals surface area contributed by atoms with Crippen molar-refractivity contribution >= 4 is 25.8 Å². The van der Waals surface area contributed by atoms with Crippen LogP contribution in [0.4, 0.5) is 26.3 Å². The molecule has 0 bridgehead atoms. The highest BCUT2D eigenvalue weighted by atomic mass is 32.2. The predicted molar refractivity (Wildman–Crippen MR) is 107 cm³/mol. The Labute approximate surface area is 190 Å². The Kier molecular flexibility index (Phi) is 7.62. The minimum absolute atomic E-state index is 0.308. The van der Waals surface area contributed by atoms with Gasteiger partial charge in [0.1, 0.15) is 11.5 Å². The highest BCUT2D eigenvalue weighted by Crippen LogP contribution is 2.41. The van der Waals surface area contributed by atoms with Crippen molar-refractivity contribution in [2.45, 2.75) is 30.6 Å². The summed E-state index contributed by atoms with van der Waals surface area (Å²) in [6.07, 6.45) is -10.3. The van der Waals surface area contributed by atoms with Gasteiger partial charge in [0.25, 0.3) is 0 Å². The lowest BCUT2D eigenvalue weighted by Crippen LogP contribution is -2.30. The van der Waals surface area contributed by atoms with Gasteiger partial charge in [-0.05, 0) is 42.0 Å². The minimum atomic E-state index is -5.12. The van der Waals surface area contributed by atoms with E-state index in [-0.39, 0.29) is 0 Å². The fourth-order valence-corrected chi connectivity index (χ4v) is 4.11. The Morgan fingerprint density at radius 3 is 2.06 bits per heavy atom. The van der Waals surface area contributed by atoms with Crippen molar-refractivity contribution in [2.75, 3.05) is 12.0 Å². The SMILES string of the molecule is CCS(=O)(=O)c1ccc(Oc2cc(CC(=O)NS(C)(=O)=O)cc(C(F)(F)F)c2)c(C(F)(F)F)c1. The second-order valence-corrected chi connectivity index (χ2v) is 11.0. The first-order valence-electron chi connectivity index (χ1n) is 9.15. The smallest absolute Gasteiger partial charge is 0.420 e. The average Bonchev–Trinajstić information content (AvgIpc) is 2.64. The van der Waals surface area contributed by atoms with E-state index in [1.807, 2.05) is 0 Å². The molecule has 15 heteroatoms. The number of hydrogen-bond donors (Lipinski definition) is 1. The lowest BCUT2D eigenvalue weighted by atomic mass is 10.1. The Morgan fingerprint density at radius 2 is 1.56 bits per heavy atom. The molecule has 0 radical (unpaired) electrons. The van der Waals surface area contributed by atoms with E-state index in [1.54, 1.807) is 4.72 Å². The number of carbonyl (C=O) groups excluding carboxylic acids is 1. The quantitative estimate of drug-likeness (QED) is 0.541. The monoisotopic (exact) mass is 533 g/mol. The summed E-state index contributed by atoms with van der Waals surface area (Å²) in [5.74, 6) is -3.39. The van der Waals surface area contributed by atoms with Gasteiger partial charge in [-0.3, -0.25) is 9.52 Å². The molecule has 0 unspecified atom stereocenters. The van der Waals surface area contributed by atoms with Crippen LogP contribution in [0.15, 0.2) is 41.3 Å². The third-order valence-corrected chi connectivity index (χ3v) is 6.51. The first-order chi connectivity index (χ1) is 15.3. The van der Waals surface area contributed by atoms with Crippen LogP contribution in [-0.4, -0.2) is 34.8 Å². The number of sulfonamides is 1. The molecule has 0 aliphatic heterocycles. The number of carbonyl (C=O) groups is 1. The zero-order valence-electron chi connectivity index (χ0n) is 17.4. The number of hydrogen-bond acceptors (Lipinski definition) is 6. The molecule has 0 aliphatic rings. The second kappa shape index (κ2) is 9.44. The zero-order chi connectivity index (χ0) is 26.1. The topological polar surface area (TPSA) is 107 Å². The van der Waals surface area contributed by atoms with Crippen LogP contribution in [0.5, 0.6) is 11.5 Å². The van der Waals surface area contributed by atoms with E-state index in [1.165, 1.54) is 6.92 Å². The lowest BCUT2D eigenvalue weighted by Gasteiger charge is -2.17. The molecular weight excluding hydrogens is 516 g/mol. The number of rotatable bonds is 7. The van der Waals surface area contributed by atoms with Gasteiger partial charge in [-0.25, -0.2) is 16.8 Å². The van der Waals surface area contributed by atoms with Crippen LogP contribution in [0.2, 0.25) is 0 Å². The highest BCUT2D eigenvalue weighted by Gasteiger charge is 2.36. The third-order valence-electron chi connectivity index (χ3n) is 4.18. The number of benzene rings is 2. The Bertz CT molecular complexity index is 1300. The molecule has 2 rings (SSSR count). The average molecular weight is 533 g/mol. The molecule has 0 heterocycles. The summed E-state index contributed by atoms with van der Waals surface area (Å²) >= 11 is 0. The molecule has 188 valence electrons. The van der Waals surface area contributed by atoms with Crippen molar-refractivity contribution < 1.29 is 52.7 Å². The van der Waals surface area contributed by atoms with Crippen LogP contribution in [0, 0.1) is 0 Å². The maximum Gasteiger partial charge on any atom is 0.420 e. The van der Waals surface area contributed by atoms with Gasteiger partial charge in [-0.1, -0.05) is 6.92 Å². The van der Waals surface area contributed by atoms with Crippen molar-refractivity contribution in [3.8, 4) is 11.5 Å². The summed E-state index contributed by atoms with van der Waals surface area (Å²) in [5, 5.41) is 0. The third kappa shape index (κ3) is 7.35. The van der Waals surface area contributed by atoms with Crippen molar-refractivity contribution in [2.24, 2.45) is 0 Å². The van der Waals surface area contributed by atoms with Gasteiger partial charge in [0.2, 0.25) is 15.9 Å². The predicted octanol–water partition coefficient (Wildman–Crippen LogP) is 3.93. The Morgan fingerprint density at radius 1 is 0.941 bits per heavy atom. The molecule has 0 aliphatic carbocycles. The molecule has 7 nitrogen and oxygen atoms in total. The summed E-state index contributed by atoms with van der Waals surface area (Å²) in [4.78, 5) is 11.1. The molecule has 0 aromatic heterocycles. The number of nitrogens with one attached hydrogen (secondary N) is 1. The molecule has 0 atom stereocenters. The summed E-state index contributed by atoms with van der Waals surface area (Å²) in [5.41, 5.74) is -3.31. The fraction of sp³-hybridized carbons (Fsp3) is 0.316. The molecule has 1 N–H and O–H groups in total. The van der Waals surface area contributed by atoms with E-state index < -0.39 is 83.4 Å². The summed E-state index contributed by atoms with van der Waals surface area (Å²) in [7, 11) is -8.04. The van der Waals surface area contributed by atoms with Crippen LogP contribution < -0.4 is 9.46 Å². The normalized spacial score (nSPS) is 12.9. The highest BCUT2D eigenvalue weighted by molar-refractivity contribution is 7.91. The van der Waals surface area contributed by atoms with Gasteiger partial charge < -0.3 is 4.74 Å². The van der Waals surface area contributed by atoms with E-state index in [4.69, 9.17) is 4.74 Å². The molecule has 34 heavy (non-hydrogen) atoms. The van der Waals surface area contributed by atoms with Crippen LogP contribution in [0.3, 0.4) is 0 Å². The van der Waals surface area contributed by atoms with Gasteiger partial charge in [-0.15, -0.1) is 0 Å². The first kappa shape index (κ1) is 27.4. The van der Waals surface area contributed by atoms with Gasteiger partial charge in [0, 0.05) is 0 Å². The second-order valence-electron chi connectivity index (χ2n) is 7.00. The molecule has 0 saturated heterocycles. The van der Waals surface area contributed by atoms with E-state index in [2.05, 4.69) is 0 Å². The van der Waals surface area contributed by atoms with Crippen LogP contribution in [0.1, 0.15) is 23.6 Å². The van der Waals surface area contributed by atoms with Gasteiger partial charge in [0.05, 0.1) is 34.5 Å². The van der Waals surface area contributed by atoms with Crippen LogP contribution in [-0.2, 0) is 43.4 Å². The largest absolute Gasteiger partial charge is 0.457 e. The maximum atomic E-state index is 13.5. The van der Waals surface area contributed by atoms with Crippen molar-refractivity contribution in [1.82, 2.24) is 4.72 Å². The number of ether oxygens (including phenoxy) is 1. The number of amides is 1. The molecular formula is C19H17F6NO6S2. The molecule has 2 aromatic carbocycles. The van der Waals surface area contributed by atoms with E-state index in [0.717, 1.165) is 12.1 Å². The standard InChI is InChI=1S/C19H17F6NO6S2/c1-3-34(30,31)14-4-5-16(15(10-14)19(23,24)25)32-13-7-11(6-12(9-13)18(20,21)22)8-17(27)26-33(2,28)29/h4-7,9-10H,3,8H2,1-2H3,(H,26,27). The number of alkyl halides is 6. The van der Waals surface area contributed by atoms with E-state index >= 15 is 0 Å². The molecule has 1 amide bonds. The summed E-state index contributed by atoms with van der Waals surface area (Å²) < 4.78 is 133. The minimum Gasteiger partial charge on any atom is -0.457 e. The van der Waals surface area contributed by atoms with Gasteiger partial charge in [0.15, 0.2) is 9.84 Å². The van der Waals surface area contributed by atoms with E-state index in [9.17, 15) is 48.0 Å².